The van der Waals surface area contributed by atoms with Gasteiger partial charge in [-0.15, -0.1) is 5.10 Å². The summed E-state index contributed by atoms with van der Waals surface area (Å²) in [6.07, 6.45) is 4.86. The summed E-state index contributed by atoms with van der Waals surface area (Å²) < 4.78 is 8.78. The van der Waals surface area contributed by atoms with Crippen molar-refractivity contribution in [2.24, 2.45) is 5.92 Å². The topological polar surface area (TPSA) is 120 Å². The van der Waals surface area contributed by atoms with Crippen molar-refractivity contribution < 1.29 is 9.84 Å². The lowest BCUT2D eigenvalue weighted by atomic mass is 9.89. The Balaban J connectivity index is 1.49. The van der Waals surface area contributed by atoms with Crippen LogP contribution in [-0.2, 0) is 5.54 Å². The zero-order chi connectivity index (χ0) is 23.3. The van der Waals surface area contributed by atoms with Crippen molar-refractivity contribution in [3.63, 3.8) is 0 Å². The fourth-order valence-electron chi connectivity index (χ4n) is 4.56. The van der Waals surface area contributed by atoms with Gasteiger partial charge in [0.25, 0.3) is 0 Å². The first-order chi connectivity index (χ1) is 15.8. The summed E-state index contributed by atoms with van der Waals surface area (Å²) in [5.74, 6) is 2.40. The number of hydrogen-bond donors (Lipinski definition) is 2. The SMILES string of the molecule is COc1ccc2c(c1)nc(N)n1nc([C@H]3C[C@@H](C)CN(c4cnn(C(C)(C)CO)c4)C3)nc21. The van der Waals surface area contributed by atoms with Crippen molar-refractivity contribution in [2.45, 2.75) is 38.6 Å². The minimum Gasteiger partial charge on any atom is -0.497 e. The van der Waals surface area contributed by atoms with E-state index in [1.165, 1.54) is 0 Å². The summed E-state index contributed by atoms with van der Waals surface area (Å²) in [7, 11) is 1.63. The lowest BCUT2D eigenvalue weighted by molar-refractivity contribution is 0.152. The van der Waals surface area contributed by atoms with Crippen LogP contribution < -0.4 is 15.4 Å². The molecule has 33 heavy (non-hydrogen) atoms. The van der Waals surface area contributed by atoms with Gasteiger partial charge in [-0.2, -0.15) is 9.61 Å². The van der Waals surface area contributed by atoms with Gasteiger partial charge in [-0.25, -0.2) is 9.97 Å². The Bertz CT molecular complexity index is 1310. The molecule has 0 unspecified atom stereocenters. The molecule has 4 heterocycles. The number of aliphatic hydroxyl groups excluding tert-OH is 1. The molecule has 5 rings (SSSR count). The van der Waals surface area contributed by atoms with Crippen LogP contribution >= 0.6 is 0 Å². The Labute approximate surface area is 192 Å². The molecule has 1 saturated heterocycles. The first-order valence-electron chi connectivity index (χ1n) is 11.2. The van der Waals surface area contributed by atoms with Gasteiger partial charge < -0.3 is 20.5 Å². The minimum absolute atomic E-state index is 0.0214. The number of anilines is 2. The molecule has 1 aromatic carbocycles. The summed E-state index contributed by atoms with van der Waals surface area (Å²) in [5, 5.41) is 19.8. The molecule has 10 heteroatoms. The molecule has 3 aromatic heterocycles. The number of methoxy groups -OCH3 is 1. The van der Waals surface area contributed by atoms with Gasteiger partial charge in [0.1, 0.15) is 5.75 Å². The predicted octanol–water partition coefficient (Wildman–Crippen LogP) is 2.42. The number of nitrogen functional groups attached to an aromatic ring is 1. The van der Waals surface area contributed by atoms with Crippen molar-refractivity contribution in [3.8, 4) is 5.75 Å². The second-order valence-corrected chi connectivity index (χ2v) is 9.61. The molecule has 0 amide bonds. The Hall–Kier alpha value is -3.40. The molecule has 0 radical (unpaired) electrons. The lowest BCUT2D eigenvalue weighted by Gasteiger charge is -2.36. The Morgan fingerprint density at radius 1 is 1.24 bits per heavy atom. The average molecular weight is 451 g/mol. The summed E-state index contributed by atoms with van der Waals surface area (Å²) in [6, 6.07) is 5.70. The van der Waals surface area contributed by atoms with Gasteiger partial charge in [-0.1, -0.05) is 6.92 Å². The predicted molar refractivity (Wildman–Crippen MR) is 127 cm³/mol. The van der Waals surface area contributed by atoms with Gasteiger partial charge in [-0.05, 0) is 38.3 Å². The molecule has 10 nitrogen and oxygen atoms in total. The van der Waals surface area contributed by atoms with Crippen molar-refractivity contribution in [1.82, 2.24) is 29.4 Å². The van der Waals surface area contributed by atoms with Crippen molar-refractivity contribution in [2.75, 3.05) is 37.4 Å². The highest BCUT2D eigenvalue weighted by Crippen LogP contribution is 2.33. The quantitative estimate of drug-likeness (QED) is 0.476. The van der Waals surface area contributed by atoms with E-state index in [4.69, 9.17) is 20.6 Å². The minimum atomic E-state index is -0.448. The van der Waals surface area contributed by atoms with Crippen molar-refractivity contribution in [1.29, 1.82) is 0 Å². The normalized spacial score (nSPS) is 19.5. The monoisotopic (exact) mass is 450 g/mol. The first kappa shape index (κ1) is 21.4. The standard InChI is InChI=1S/C23H30N8O2/c1-14-7-15(11-29(10-14)16-9-25-30(12-16)23(2,3)13-32)20-27-21-18-6-5-17(33-4)8-19(18)26-22(24)31(21)28-20/h5-6,8-9,12,14-15,32H,7,10-11,13H2,1-4H3,(H2,24,26)/t14-,15+/m1/s1. The molecule has 1 aliphatic rings. The summed E-state index contributed by atoms with van der Waals surface area (Å²) in [5.41, 5.74) is 8.25. The zero-order valence-electron chi connectivity index (χ0n) is 19.4. The molecule has 0 spiro atoms. The van der Waals surface area contributed by atoms with E-state index in [2.05, 4.69) is 21.9 Å². The number of benzene rings is 1. The Morgan fingerprint density at radius 2 is 2.06 bits per heavy atom. The third kappa shape index (κ3) is 3.74. The third-order valence-corrected chi connectivity index (χ3v) is 6.49. The zero-order valence-corrected chi connectivity index (χ0v) is 19.4. The van der Waals surface area contributed by atoms with Gasteiger partial charge in [0.15, 0.2) is 11.5 Å². The number of nitrogens with two attached hydrogens (primary N) is 1. The maximum atomic E-state index is 9.68. The molecule has 0 bridgehead atoms. The first-order valence-corrected chi connectivity index (χ1v) is 11.2. The van der Waals surface area contributed by atoms with Crippen LogP contribution in [0.4, 0.5) is 11.6 Å². The summed E-state index contributed by atoms with van der Waals surface area (Å²) in [4.78, 5) is 11.7. The van der Waals surface area contributed by atoms with Crippen LogP contribution in [-0.4, -0.2) is 61.3 Å². The van der Waals surface area contributed by atoms with E-state index >= 15 is 0 Å². The second kappa shape index (κ2) is 7.87. The van der Waals surface area contributed by atoms with E-state index in [0.717, 1.165) is 47.7 Å². The van der Waals surface area contributed by atoms with Crippen LogP contribution in [0.15, 0.2) is 30.6 Å². The average Bonchev–Trinajstić information content (AvgIpc) is 3.47. The largest absolute Gasteiger partial charge is 0.497 e. The molecular weight excluding hydrogens is 420 g/mol. The van der Waals surface area contributed by atoms with Crippen LogP contribution in [0.3, 0.4) is 0 Å². The molecular formula is C23H30N8O2. The highest BCUT2D eigenvalue weighted by molar-refractivity contribution is 5.93. The number of rotatable bonds is 5. The van der Waals surface area contributed by atoms with E-state index in [1.54, 1.807) is 11.6 Å². The number of nitrogens with zero attached hydrogens (tertiary/aromatic N) is 7. The fourth-order valence-corrected chi connectivity index (χ4v) is 4.56. The highest BCUT2D eigenvalue weighted by Gasteiger charge is 2.31. The number of ether oxygens (including phenoxy) is 1. The molecule has 0 saturated carbocycles. The molecule has 1 fully saturated rings. The number of piperidine rings is 1. The summed E-state index contributed by atoms with van der Waals surface area (Å²) >= 11 is 0. The van der Waals surface area contributed by atoms with Crippen LogP contribution in [0.2, 0.25) is 0 Å². The van der Waals surface area contributed by atoms with E-state index in [-0.39, 0.29) is 12.5 Å². The highest BCUT2D eigenvalue weighted by atomic mass is 16.5. The van der Waals surface area contributed by atoms with E-state index < -0.39 is 5.54 Å². The number of fused-ring (bicyclic) bond motifs is 3. The molecule has 4 aromatic rings. The van der Waals surface area contributed by atoms with E-state index in [9.17, 15) is 5.11 Å². The van der Waals surface area contributed by atoms with Gasteiger partial charge in [0.2, 0.25) is 5.95 Å². The van der Waals surface area contributed by atoms with E-state index in [1.807, 2.05) is 49.1 Å². The van der Waals surface area contributed by atoms with Crippen LogP contribution in [0.5, 0.6) is 5.75 Å². The Morgan fingerprint density at radius 3 is 2.82 bits per heavy atom. The third-order valence-electron chi connectivity index (χ3n) is 6.49. The maximum Gasteiger partial charge on any atom is 0.223 e. The van der Waals surface area contributed by atoms with Crippen LogP contribution in [0, 0.1) is 5.92 Å². The molecule has 2 atom stereocenters. The smallest absolute Gasteiger partial charge is 0.223 e. The molecule has 3 N–H and O–H groups in total. The van der Waals surface area contributed by atoms with E-state index in [0.29, 0.717) is 17.5 Å². The molecule has 1 aliphatic heterocycles. The van der Waals surface area contributed by atoms with Crippen LogP contribution in [0.1, 0.15) is 38.9 Å². The molecule has 0 aliphatic carbocycles. The van der Waals surface area contributed by atoms with Gasteiger partial charge in [-0.3, -0.25) is 4.68 Å². The van der Waals surface area contributed by atoms with Crippen LogP contribution in [0.25, 0.3) is 16.6 Å². The van der Waals surface area contributed by atoms with Crippen molar-refractivity contribution in [3.05, 3.63) is 36.4 Å². The van der Waals surface area contributed by atoms with Gasteiger partial charge in [0.05, 0.1) is 36.7 Å². The number of aliphatic hydroxyl groups is 1. The lowest BCUT2D eigenvalue weighted by Crippen LogP contribution is -2.39. The number of aromatic nitrogens is 6. The number of hydrogen-bond acceptors (Lipinski definition) is 8. The van der Waals surface area contributed by atoms with Crippen molar-refractivity contribution >= 4 is 28.2 Å². The second-order valence-electron chi connectivity index (χ2n) is 9.61. The maximum absolute atomic E-state index is 9.68. The summed E-state index contributed by atoms with van der Waals surface area (Å²) in [6.45, 7) is 7.91. The molecule has 174 valence electrons. The van der Waals surface area contributed by atoms with Gasteiger partial charge in [0, 0.05) is 36.7 Å². The Kier molecular flexibility index (Phi) is 5.12. The fraction of sp³-hybridized carbons (Fsp3) is 0.478. The van der Waals surface area contributed by atoms with Gasteiger partial charge >= 0.3 is 0 Å².